The molecule has 170 valence electrons. The van der Waals surface area contributed by atoms with Gasteiger partial charge >= 0.3 is 0 Å². The fourth-order valence-corrected chi connectivity index (χ4v) is 3.97. The minimum atomic E-state index is 0. The van der Waals surface area contributed by atoms with Crippen LogP contribution in [-0.4, -0.2) is 38.1 Å². The Morgan fingerprint density at radius 2 is 1.44 bits per heavy atom. The summed E-state index contributed by atoms with van der Waals surface area (Å²) < 4.78 is 0. The van der Waals surface area contributed by atoms with E-state index in [1.165, 1.54) is 5.39 Å². The molecule has 4 rings (SSSR count). The topological polar surface area (TPSA) is 41.4 Å². The fraction of sp³-hybridized carbons (Fsp3) is 0.208. The Bertz CT molecular complexity index is 1080. The van der Waals surface area contributed by atoms with Crippen molar-refractivity contribution in [3.8, 4) is 0 Å². The maximum absolute atomic E-state index is 6.11. The number of pyridine rings is 1. The number of nitrogens with zero attached hydrogens (tertiary/aromatic N) is 1. The van der Waals surface area contributed by atoms with Gasteiger partial charge in [0.15, 0.2) is 6.20 Å². The summed E-state index contributed by atoms with van der Waals surface area (Å²) in [6.45, 7) is 3.63. The lowest BCUT2D eigenvalue weighted by molar-refractivity contribution is -0.344. The van der Waals surface area contributed by atoms with Crippen molar-refractivity contribution in [3.05, 3.63) is 76.9 Å². The zero-order valence-corrected chi connectivity index (χ0v) is 20.8. The molecule has 4 nitrogen and oxygen atoms in total. The van der Waals surface area contributed by atoms with Crippen molar-refractivity contribution in [1.29, 1.82) is 0 Å². The number of likely N-dealkylation sites (N-methyl/N-ethyl adjacent to an activating group) is 1. The molecule has 0 aliphatic carbocycles. The molecule has 0 radical (unpaired) electrons. The van der Waals surface area contributed by atoms with Crippen LogP contribution in [0.2, 0.25) is 10.0 Å². The number of aromatic nitrogens is 1. The number of hydrogen-bond acceptors (Lipinski definition) is 3. The Labute approximate surface area is 211 Å². The van der Waals surface area contributed by atoms with Gasteiger partial charge in [0.05, 0.1) is 11.1 Å². The molecule has 4 aromatic rings. The molecule has 0 saturated heterocycles. The molecule has 0 spiro atoms. The third kappa shape index (κ3) is 6.53. The standard InChI is InChI=1S/C24H24Cl2N4.2ClH/c1-30(13-11-28-22-4-2-3-17-15-18(25)5-7-20(17)22)14-12-29-23-9-10-27-24-16-19(26)6-8-21(23)24;;/h2-10,15-16,28H,11-14H2,1H3,(H,27,29);2*1H. The fourth-order valence-electron chi connectivity index (χ4n) is 3.61. The van der Waals surface area contributed by atoms with Crippen LogP contribution in [0.3, 0.4) is 0 Å². The number of benzene rings is 3. The number of aromatic amines is 1. The number of hydrogen-bond donors (Lipinski definition) is 2. The molecule has 3 N–H and O–H groups in total. The summed E-state index contributed by atoms with van der Waals surface area (Å²) in [5, 5.41) is 12.1. The van der Waals surface area contributed by atoms with Gasteiger partial charge in [-0.15, -0.1) is 12.4 Å². The molecule has 32 heavy (non-hydrogen) atoms. The predicted octanol–water partition coefficient (Wildman–Crippen LogP) is 3.00. The van der Waals surface area contributed by atoms with Crippen LogP contribution in [0.25, 0.3) is 21.7 Å². The predicted molar refractivity (Wildman–Crippen MR) is 136 cm³/mol. The lowest BCUT2D eigenvalue weighted by Crippen LogP contribution is -3.00. The molecule has 0 aliphatic heterocycles. The second kappa shape index (κ2) is 12.3. The Balaban J connectivity index is 0.00000181. The van der Waals surface area contributed by atoms with Crippen LogP contribution in [0.1, 0.15) is 0 Å². The molecule has 0 saturated carbocycles. The first-order chi connectivity index (χ1) is 14.6. The van der Waals surface area contributed by atoms with Crippen molar-refractivity contribution in [2.45, 2.75) is 0 Å². The van der Waals surface area contributed by atoms with Crippen LogP contribution in [-0.2, 0) is 0 Å². The van der Waals surface area contributed by atoms with Crippen molar-refractivity contribution in [1.82, 2.24) is 4.90 Å². The van der Waals surface area contributed by atoms with Gasteiger partial charge in [-0.25, -0.2) is 4.98 Å². The average molecular weight is 512 g/mol. The van der Waals surface area contributed by atoms with E-state index in [4.69, 9.17) is 23.2 Å². The molecule has 0 bridgehead atoms. The number of nitrogens with one attached hydrogen (secondary N) is 3. The molecule has 0 atom stereocenters. The highest BCUT2D eigenvalue weighted by atomic mass is 35.5. The molecule has 0 fully saturated rings. The summed E-state index contributed by atoms with van der Waals surface area (Å²) in [5.74, 6) is 0. The summed E-state index contributed by atoms with van der Waals surface area (Å²) in [7, 11) is 2.14. The lowest BCUT2D eigenvalue weighted by Gasteiger charge is -2.18. The van der Waals surface area contributed by atoms with Gasteiger partial charge < -0.3 is 27.9 Å². The van der Waals surface area contributed by atoms with E-state index in [0.717, 1.165) is 63.9 Å². The molecule has 3 aromatic carbocycles. The van der Waals surface area contributed by atoms with Crippen LogP contribution in [0, 0.1) is 0 Å². The van der Waals surface area contributed by atoms with E-state index >= 15 is 0 Å². The molecule has 0 amide bonds. The Morgan fingerprint density at radius 3 is 2.16 bits per heavy atom. The smallest absolute Gasteiger partial charge is 0.214 e. The zero-order valence-electron chi connectivity index (χ0n) is 17.7. The quantitative estimate of drug-likeness (QED) is 0.382. The van der Waals surface area contributed by atoms with E-state index in [1.807, 2.05) is 36.5 Å². The van der Waals surface area contributed by atoms with Crippen LogP contribution < -0.4 is 28.0 Å². The van der Waals surface area contributed by atoms with Crippen LogP contribution in [0.4, 0.5) is 11.4 Å². The van der Waals surface area contributed by atoms with Crippen LogP contribution >= 0.6 is 35.6 Å². The van der Waals surface area contributed by atoms with Crippen molar-refractivity contribution in [3.63, 3.8) is 0 Å². The van der Waals surface area contributed by atoms with Gasteiger partial charge in [-0.3, -0.25) is 0 Å². The molecule has 1 heterocycles. The zero-order chi connectivity index (χ0) is 20.9. The molecular weight excluding hydrogens is 486 g/mol. The number of H-pyrrole nitrogens is 1. The van der Waals surface area contributed by atoms with Crippen molar-refractivity contribution in [2.24, 2.45) is 0 Å². The van der Waals surface area contributed by atoms with Gasteiger partial charge in [-0.2, -0.15) is 0 Å². The van der Waals surface area contributed by atoms with Gasteiger partial charge in [0.25, 0.3) is 0 Å². The third-order valence-corrected chi connectivity index (χ3v) is 5.69. The number of halogens is 4. The first kappa shape index (κ1) is 26.3. The van der Waals surface area contributed by atoms with Crippen molar-refractivity contribution in [2.75, 3.05) is 43.9 Å². The van der Waals surface area contributed by atoms with E-state index in [9.17, 15) is 0 Å². The number of anilines is 2. The van der Waals surface area contributed by atoms with Crippen molar-refractivity contribution >= 4 is 68.7 Å². The van der Waals surface area contributed by atoms with Crippen molar-refractivity contribution < 1.29 is 17.4 Å². The highest BCUT2D eigenvalue weighted by Crippen LogP contribution is 2.26. The normalized spacial score (nSPS) is 10.6. The summed E-state index contributed by atoms with van der Waals surface area (Å²) in [5.41, 5.74) is 3.28. The van der Waals surface area contributed by atoms with Gasteiger partial charge in [-0.05, 0) is 42.8 Å². The minimum Gasteiger partial charge on any atom is -1.00 e. The summed E-state index contributed by atoms with van der Waals surface area (Å²) in [6, 6.07) is 20.2. The Kier molecular flexibility index (Phi) is 10.1. The van der Waals surface area contributed by atoms with E-state index in [1.54, 1.807) is 0 Å². The van der Waals surface area contributed by atoms with E-state index in [-0.39, 0.29) is 24.8 Å². The molecule has 1 aromatic heterocycles. The summed E-state index contributed by atoms with van der Waals surface area (Å²) >= 11 is 12.2. The Morgan fingerprint density at radius 1 is 0.812 bits per heavy atom. The minimum absolute atomic E-state index is 0. The number of rotatable bonds is 8. The molecular formula is C24H26Cl4N4. The second-order valence-electron chi connectivity index (χ2n) is 7.41. The summed E-state index contributed by atoms with van der Waals surface area (Å²) in [4.78, 5) is 5.56. The highest BCUT2D eigenvalue weighted by Gasteiger charge is 2.07. The average Bonchev–Trinajstić information content (AvgIpc) is 2.73. The maximum Gasteiger partial charge on any atom is 0.214 e. The largest absolute Gasteiger partial charge is 1.00 e. The van der Waals surface area contributed by atoms with Crippen LogP contribution in [0.5, 0.6) is 0 Å². The third-order valence-electron chi connectivity index (χ3n) is 5.22. The highest BCUT2D eigenvalue weighted by molar-refractivity contribution is 6.31. The summed E-state index contributed by atoms with van der Waals surface area (Å²) in [6.07, 6.45) is 1.94. The first-order valence-electron chi connectivity index (χ1n) is 10.0. The monoisotopic (exact) mass is 510 g/mol. The van der Waals surface area contributed by atoms with Gasteiger partial charge in [0, 0.05) is 59.4 Å². The van der Waals surface area contributed by atoms with E-state index in [0.29, 0.717) is 0 Å². The van der Waals surface area contributed by atoms with E-state index in [2.05, 4.69) is 57.9 Å². The van der Waals surface area contributed by atoms with Gasteiger partial charge in [0.1, 0.15) is 0 Å². The SMILES string of the molecule is CN(CCNc1cccc2cc(Cl)ccc12)CCNc1cc[nH+]c2cc(Cl)ccc12.Cl.[Cl-]. The van der Waals surface area contributed by atoms with Crippen LogP contribution in [0.15, 0.2) is 66.9 Å². The number of fused-ring (bicyclic) bond motifs is 2. The maximum atomic E-state index is 6.11. The lowest BCUT2D eigenvalue weighted by atomic mass is 10.1. The van der Waals surface area contributed by atoms with E-state index < -0.39 is 0 Å². The molecule has 0 unspecified atom stereocenters. The first-order valence-corrected chi connectivity index (χ1v) is 10.8. The second-order valence-corrected chi connectivity index (χ2v) is 8.28. The molecule has 8 heteroatoms. The molecule has 0 aliphatic rings. The Hall–Kier alpha value is -1.95. The van der Waals surface area contributed by atoms with Gasteiger partial charge in [-0.1, -0.05) is 41.4 Å². The van der Waals surface area contributed by atoms with Gasteiger partial charge in [0.2, 0.25) is 5.52 Å².